The molecular formula is C20H22FNO3. The number of hydrogen-bond donors (Lipinski definition) is 1. The van der Waals surface area contributed by atoms with Crippen LogP contribution >= 0.6 is 0 Å². The number of amides is 1. The van der Waals surface area contributed by atoms with E-state index in [4.69, 9.17) is 9.47 Å². The normalized spacial score (nSPS) is 20.0. The van der Waals surface area contributed by atoms with Crippen molar-refractivity contribution in [3.05, 3.63) is 65.5 Å². The smallest absolute Gasteiger partial charge is 0.224 e. The Balaban J connectivity index is 1.64. The lowest BCUT2D eigenvalue weighted by atomic mass is 10.1. The molecule has 0 bridgehead atoms. The summed E-state index contributed by atoms with van der Waals surface area (Å²) in [7, 11) is 3.23. The summed E-state index contributed by atoms with van der Waals surface area (Å²) in [6.07, 6.45) is 0.791. The van der Waals surface area contributed by atoms with Crippen molar-refractivity contribution in [3.8, 4) is 5.75 Å². The summed E-state index contributed by atoms with van der Waals surface area (Å²) in [6, 6.07) is 13.7. The second-order valence-corrected chi connectivity index (χ2v) is 6.29. The minimum absolute atomic E-state index is 0.00666. The molecule has 132 valence electrons. The first-order valence-electron chi connectivity index (χ1n) is 8.31. The largest absolute Gasteiger partial charge is 0.497 e. The topological polar surface area (TPSA) is 47.6 Å². The van der Waals surface area contributed by atoms with Gasteiger partial charge >= 0.3 is 0 Å². The lowest BCUT2D eigenvalue weighted by Crippen LogP contribution is -2.32. The fraction of sp³-hybridized carbons (Fsp3) is 0.350. The third-order valence-electron chi connectivity index (χ3n) is 4.59. The summed E-state index contributed by atoms with van der Waals surface area (Å²) in [4.78, 5) is 12.6. The van der Waals surface area contributed by atoms with E-state index in [1.807, 2.05) is 24.3 Å². The van der Waals surface area contributed by atoms with Crippen molar-refractivity contribution in [1.82, 2.24) is 5.32 Å². The van der Waals surface area contributed by atoms with Gasteiger partial charge in [-0.2, -0.15) is 0 Å². The van der Waals surface area contributed by atoms with Crippen LogP contribution in [0.2, 0.25) is 0 Å². The maximum absolute atomic E-state index is 13.0. The molecule has 0 aromatic heterocycles. The molecule has 1 fully saturated rings. The molecule has 3 atom stereocenters. The molecule has 2 aromatic carbocycles. The zero-order chi connectivity index (χ0) is 17.8. The first-order chi connectivity index (χ1) is 12.1. The molecule has 0 aliphatic heterocycles. The van der Waals surface area contributed by atoms with Gasteiger partial charge in [-0.15, -0.1) is 0 Å². The predicted molar refractivity (Wildman–Crippen MR) is 93.0 cm³/mol. The van der Waals surface area contributed by atoms with Gasteiger partial charge in [0.1, 0.15) is 11.6 Å². The van der Waals surface area contributed by atoms with Crippen molar-refractivity contribution in [3.63, 3.8) is 0 Å². The highest BCUT2D eigenvalue weighted by atomic mass is 19.1. The van der Waals surface area contributed by atoms with E-state index >= 15 is 0 Å². The molecule has 0 saturated heterocycles. The van der Waals surface area contributed by atoms with Crippen LogP contribution in [0.1, 0.15) is 29.5 Å². The Morgan fingerprint density at radius 1 is 1.16 bits per heavy atom. The van der Waals surface area contributed by atoms with Crippen molar-refractivity contribution < 1.29 is 18.7 Å². The van der Waals surface area contributed by atoms with Crippen molar-refractivity contribution in [2.45, 2.75) is 18.4 Å². The van der Waals surface area contributed by atoms with E-state index in [0.717, 1.165) is 23.3 Å². The predicted octanol–water partition coefficient (Wildman–Crippen LogP) is 3.44. The summed E-state index contributed by atoms with van der Waals surface area (Å²) >= 11 is 0. The monoisotopic (exact) mass is 343 g/mol. The first kappa shape index (κ1) is 17.4. The molecule has 0 unspecified atom stereocenters. The number of methoxy groups -OCH3 is 2. The molecule has 3 rings (SSSR count). The quantitative estimate of drug-likeness (QED) is 0.838. The molecule has 1 amide bonds. The van der Waals surface area contributed by atoms with Gasteiger partial charge in [0.15, 0.2) is 0 Å². The van der Waals surface area contributed by atoms with E-state index in [1.54, 1.807) is 26.4 Å². The van der Waals surface area contributed by atoms with Gasteiger partial charge in [0, 0.05) is 13.0 Å². The Morgan fingerprint density at radius 3 is 2.44 bits per heavy atom. The van der Waals surface area contributed by atoms with Gasteiger partial charge in [-0.1, -0.05) is 24.3 Å². The van der Waals surface area contributed by atoms with Crippen LogP contribution in [0.5, 0.6) is 5.75 Å². The van der Waals surface area contributed by atoms with Gasteiger partial charge in [-0.25, -0.2) is 4.39 Å². The van der Waals surface area contributed by atoms with E-state index in [9.17, 15) is 9.18 Å². The SMILES string of the molecule is COC[C@H](NC(=O)[C@H]1C[C@@H]1c1ccc(F)cc1)c1ccc(OC)cc1. The van der Waals surface area contributed by atoms with E-state index in [0.29, 0.717) is 6.61 Å². The van der Waals surface area contributed by atoms with Crippen molar-refractivity contribution in [1.29, 1.82) is 0 Å². The minimum atomic E-state index is -0.259. The van der Waals surface area contributed by atoms with Crippen molar-refractivity contribution >= 4 is 5.91 Å². The van der Waals surface area contributed by atoms with Gasteiger partial charge in [0.25, 0.3) is 0 Å². The Hall–Kier alpha value is -2.40. The zero-order valence-corrected chi connectivity index (χ0v) is 14.4. The zero-order valence-electron chi connectivity index (χ0n) is 14.4. The van der Waals surface area contributed by atoms with Gasteiger partial charge in [0.05, 0.1) is 19.8 Å². The standard InChI is InChI=1S/C20H22FNO3/c1-24-12-19(14-5-9-16(25-2)10-6-14)22-20(23)18-11-17(18)13-3-7-15(21)8-4-13/h3-10,17-19H,11-12H2,1-2H3,(H,22,23)/t17-,18+,19+/m1/s1. The molecule has 1 aliphatic carbocycles. The lowest BCUT2D eigenvalue weighted by molar-refractivity contribution is -0.123. The van der Waals surface area contributed by atoms with E-state index in [2.05, 4.69) is 5.32 Å². The molecule has 5 heteroatoms. The maximum Gasteiger partial charge on any atom is 0.224 e. The molecule has 0 spiro atoms. The van der Waals surface area contributed by atoms with Crippen LogP contribution in [0, 0.1) is 11.7 Å². The van der Waals surface area contributed by atoms with Crippen LogP contribution in [-0.4, -0.2) is 26.7 Å². The molecule has 0 radical (unpaired) electrons. The molecule has 1 aliphatic rings. The minimum Gasteiger partial charge on any atom is -0.497 e. The highest BCUT2D eigenvalue weighted by molar-refractivity contribution is 5.83. The number of rotatable bonds is 7. The second-order valence-electron chi connectivity index (χ2n) is 6.29. The van der Waals surface area contributed by atoms with Crippen LogP contribution < -0.4 is 10.1 Å². The first-order valence-corrected chi connectivity index (χ1v) is 8.31. The summed E-state index contributed by atoms with van der Waals surface area (Å²) in [5.41, 5.74) is 1.98. The fourth-order valence-electron chi connectivity index (χ4n) is 3.07. The van der Waals surface area contributed by atoms with Gasteiger partial charge in [0.2, 0.25) is 5.91 Å². The Kier molecular flexibility index (Phi) is 5.34. The number of carbonyl (C=O) groups excluding carboxylic acids is 1. The number of carbonyl (C=O) groups is 1. The Labute approximate surface area is 147 Å². The van der Waals surface area contributed by atoms with Crippen LogP contribution in [0.25, 0.3) is 0 Å². The van der Waals surface area contributed by atoms with Crippen LogP contribution in [0.15, 0.2) is 48.5 Å². The molecule has 25 heavy (non-hydrogen) atoms. The maximum atomic E-state index is 13.0. The second kappa shape index (κ2) is 7.66. The number of benzene rings is 2. The van der Waals surface area contributed by atoms with Crippen molar-refractivity contribution in [2.75, 3.05) is 20.8 Å². The van der Waals surface area contributed by atoms with Gasteiger partial charge in [-0.05, 0) is 47.7 Å². The summed E-state index contributed by atoms with van der Waals surface area (Å²) in [5.74, 6) is 0.616. The number of ether oxygens (including phenoxy) is 2. The average Bonchev–Trinajstić information content (AvgIpc) is 3.43. The van der Waals surface area contributed by atoms with E-state index in [1.165, 1.54) is 12.1 Å². The van der Waals surface area contributed by atoms with Crippen LogP contribution in [0.4, 0.5) is 4.39 Å². The summed E-state index contributed by atoms with van der Waals surface area (Å²) < 4.78 is 23.4. The van der Waals surface area contributed by atoms with Gasteiger partial charge in [-0.3, -0.25) is 4.79 Å². The average molecular weight is 343 g/mol. The Bertz CT molecular complexity index is 715. The number of hydrogen-bond acceptors (Lipinski definition) is 3. The molecule has 0 heterocycles. The highest BCUT2D eigenvalue weighted by Crippen LogP contribution is 2.47. The third-order valence-corrected chi connectivity index (χ3v) is 4.59. The fourth-order valence-corrected chi connectivity index (χ4v) is 3.07. The highest BCUT2D eigenvalue weighted by Gasteiger charge is 2.44. The molecular weight excluding hydrogens is 321 g/mol. The molecule has 1 saturated carbocycles. The summed E-state index contributed by atoms with van der Waals surface area (Å²) in [6.45, 7) is 0.395. The number of nitrogens with one attached hydrogen (secondary N) is 1. The Morgan fingerprint density at radius 2 is 1.84 bits per heavy atom. The molecule has 4 nitrogen and oxygen atoms in total. The summed E-state index contributed by atoms with van der Waals surface area (Å²) in [5, 5.41) is 3.07. The number of halogens is 1. The van der Waals surface area contributed by atoms with E-state index < -0.39 is 0 Å². The van der Waals surface area contributed by atoms with Crippen LogP contribution in [-0.2, 0) is 9.53 Å². The van der Waals surface area contributed by atoms with E-state index in [-0.39, 0.29) is 29.6 Å². The third kappa shape index (κ3) is 4.17. The molecule has 2 aromatic rings. The molecule has 1 N–H and O–H groups in total. The van der Waals surface area contributed by atoms with Crippen molar-refractivity contribution in [2.24, 2.45) is 5.92 Å². The van der Waals surface area contributed by atoms with Crippen LogP contribution in [0.3, 0.4) is 0 Å². The van der Waals surface area contributed by atoms with Gasteiger partial charge < -0.3 is 14.8 Å². The lowest BCUT2D eigenvalue weighted by Gasteiger charge is -2.19.